The molecular weight excluding hydrogens is 332 g/mol. The van der Waals surface area contributed by atoms with Crippen LogP contribution in [0, 0.1) is 0 Å². The van der Waals surface area contributed by atoms with Crippen molar-refractivity contribution in [2.75, 3.05) is 18.4 Å². The maximum absolute atomic E-state index is 12.4. The molecule has 9 heteroatoms. The van der Waals surface area contributed by atoms with E-state index in [-0.39, 0.29) is 5.91 Å². The lowest BCUT2D eigenvalue weighted by Crippen LogP contribution is -2.28. The minimum atomic E-state index is -0.0761. The molecule has 1 aromatic carbocycles. The normalized spacial score (nSPS) is 13.8. The Balaban J connectivity index is 1.47. The van der Waals surface area contributed by atoms with Crippen LogP contribution >= 0.6 is 0 Å². The van der Waals surface area contributed by atoms with Crippen molar-refractivity contribution in [2.45, 2.75) is 19.4 Å². The van der Waals surface area contributed by atoms with Crippen LogP contribution < -0.4 is 5.32 Å². The highest BCUT2D eigenvalue weighted by atomic mass is 16.2. The zero-order valence-corrected chi connectivity index (χ0v) is 14.1. The summed E-state index contributed by atoms with van der Waals surface area (Å²) in [6, 6.07) is 9.63. The van der Waals surface area contributed by atoms with E-state index in [4.69, 9.17) is 0 Å². The fourth-order valence-electron chi connectivity index (χ4n) is 2.89. The quantitative estimate of drug-likeness (QED) is 0.740. The molecule has 26 heavy (non-hydrogen) atoms. The summed E-state index contributed by atoms with van der Waals surface area (Å²) in [7, 11) is 0. The zero-order chi connectivity index (χ0) is 17.8. The van der Waals surface area contributed by atoms with Crippen molar-refractivity contribution in [2.24, 2.45) is 0 Å². The Morgan fingerprint density at radius 3 is 2.73 bits per heavy atom. The monoisotopic (exact) mass is 350 g/mol. The van der Waals surface area contributed by atoms with Crippen molar-refractivity contribution in [1.29, 1.82) is 0 Å². The van der Waals surface area contributed by atoms with Gasteiger partial charge in [0.25, 0.3) is 5.91 Å². The summed E-state index contributed by atoms with van der Waals surface area (Å²) < 4.78 is 1.65. The van der Waals surface area contributed by atoms with Crippen molar-refractivity contribution in [3.63, 3.8) is 0 Å². The molecule has 1 aliphatic heterocycles. The van der Waals surface area contributed by atoms with Gasteiger partial charge in [0.2, 0.25) is 0 Å². The minimum absolute atomic E-state index is 0.0761. The zero-order valence-electron chi connectivity index (χ0n) is 14.1. The van der Waals surface area contributed by atoms with Crippen LogP contribution in [0.5, 0.6) is 0 Å². The first kappa shape index (κ1) is 16.1. The molecule has 2 aromatic heterocycles. The predicted octanol–water partition coefficient (Wildman–Crippen LogP) is 1.30. The molecular formula is C17H18N8O. The Labute approximate surface area is 150 Å². The Morgan fingerprint density at radius 1 is 1.12 bits per heavy atom. The molecule has 1 saturated heterocycles. The number of rotatable bonds is 5. The standard InChI is InChI=1S/C17H18N8O/c26-17(24-8-4-5-9-24)14-10-18-11-15(20-14)19-12-16-21-22-23-25(16)13-6-2-1-3-7-13/h1-3,6-7,10-11H,4-5,8-9,12H2,(H,19,20). The summed E-state index contributed by atoms with van der Waals surface area (Å²) in [5.41, 5.74) is 1.22. The van der Waals surface area contributed by atoms with Gasteiger partial charge < -0.3 is 10.2 Å². The van der Waals surface area contributed by atoms with Gasteiger partial charge in [0.1, 0.15) is 11.5 Å². The smallest absolute Gasteiger partial charge is 0.274 e. The summed E-state index contributed by atoms with van der Waals surface area (Å²) in [5, 5.41) is 14.9. The second kappa shape index (κ2) is 7.26. The van der Waals surface area contributed by atoms with Gasteiger partial charge in [-0.25, -0.2) is 4.98 Å². The number of hydrogen-bond donors (Lipinski definition) is 1. The van der Waals surface area contributed by atoms with Gasteiger partial charge in [-0.05, 0) is 35.4 Å². The number of para-hydroxylation sites is 1. The third kappa shape index (κ3) is 3.37. The SMILES string of the molecule is O=C(c1cncc(NCc2nnnn2-c2ccccc2)n1)N1CCCC1. The third-order valence-electron chi connectivity index (χ3n) is 4.21. The minimum Gasteiger partial charge on any atom is -0.361 e. The molecule has 0 atom stereocenters. The number of carbonyl (C=O) groups is 1. The number of likely N-dealkylation sites (tertiary alicyclic amines) is 1. The van der Waals surface area contributed by atoms with Crippen LogP contribution in [0.2, 0.25) is 0 Å². The van der Waals surface area contributed by atoms with Crippen LogP contribution in [0.25, 0.3) is 5.69 Å². The van der Waals surface area contributed by atoms with Gasteiger partial charge in [-0.2, -0.15) is 4.68 Å². The molecule has 4 rings (SSSR count). The van der Waals surface area contributed by atoms with E-state index in [1.807, 2.05) is 35.2 Å². The summed E-state index contributed by atoms with van der Waals surface area (Å²) in [4.78, 5) is 22.7. The molecule has 9 nitrogen and oxygen atoms in total. The Morgan fingerprint density at radius 2 is 1.92 bits per heavy atom. The van der Waals surface area contributed by atoms with Crippen LogP contribution in [0.4, 0.5) is 5.82 Å². The predicted molar refractivity (Wildman–Crippen MR) is 93.7 cm³/mol. The Kier molecular flexibility index (Phi) is 4.50. The van der Waals surface area contributed by atoms with Gasteiger partial charge in [0, 0.05) is 13.1 Å². The molecule has 1 fully saturated rings. The molecule has 0 radical (unpaired) electrons. The van der Waals surface area contributed by atoms with Crippen LogP contribution in [-0.2, 0) is 6.54 Å². The van der Waals surface area contributed by atoms with Crippen molar-refractivity contribution >= 4 is 11.7 Å². The number of carbonyl (C=O) groups excluding carboxylic acids is 1. The number of nitrogens with zero attached hydrogens (tertiary/aromatic N) is 7. The maximum atomic E-state index is 12.4. The number of nitrogens with one attached hydrogen (secondary N) is 1. The van der Waals surface area contributed by atoms with E-state index < -0.39 is 0 Å². The average Bonchev–Trinajstić information content (AvgIpc) is 3.38. The van der Waals surface area contributed by atoms with Crippen LogP contribution in [0.15, 0.2) is 42.7 Å². The van der Waals surface area contributed by atoms with Crippen LogP contribution in [-0.4, -0.2) is 54.1 Å². The van der Waals surface area contributed by atoms with E-state index in [2.05, 4.69) is 30.8 Å². The van der Waals surface area contributed by atoms with Crippen LogP contribution in [0.1, 0.15) is 29.2 Å². The van der Waals surface area contributed by atoms with Crippen LogP contribution in [0.3, 0.4) is 0 Å². The van der Waals surface area contributed by atoms with E-state index >= 15 is 0 Å². The summed E-state index contributed by atoms with van der Waals surface area (Å²) in [6.45, 7) is 1.92. The van der Waals surface area contributed by atoms with E-state index in [1.165, 1.54) is 6.20 Å². The summed E-state index contributed by atoms with van der Waals surface area (Å²) in [5.74, 6) is 1.07. The lowest BCUT2D eigenvalue weighted by Gasteiger charge is -2.14. The number of aromatic nitrogens is 6. The van der Waals surface area contributed by atoms with Crippen molar-refractivity contribution in [3.8, 4) is 5.69 Å². The lowest BCUT2D eigenvalue weighted by atomic mass is 10.3. The molecule has 1 aliphatic rings. The largest absolute Gasteiger partial charge is 0.361 e. The molecule has 3 aromatic rings. The van der Waals surface area contributed by atoms with Crippen molar-refractivity contribution in [3.05, 3.63) is 54.2 Å². The summed E-state index contributed by atoms with van der Waals surface area (Å²) >= 11 is 0. The highest BCUT2D eigenvalue weighted by Crippen LogP contribution is 2.13. The summed E-state index contributed by atoms with van der Waals surface area (Å²) in [6.07, 6.45) is 5.16. The molecule has 0 unspecified atom stereocenters. The van der Waals surface area contributed by atoms with Gasteiger partial charge >= 0.3 is 0 Å². The molecule has 0 saturated carbocycles. The fraction of sp³-hybridized carbons (Fsp3) is 0.294. The van der Waals surface area contributed by atoms with Crippen molar-refractivity contribution < 1.29 is 4.79 Å². The Hall–Kier alpha value is -3.36. The second-order valence-corrected chi connectivity index (χ2v) is 5.98. The fourth-order valence-corrected chi connectivity index (χ4v) is 2.89. The molecule has 1 N–H and O–H groups in total. The van der Waals surface area contributed by atoms with E-state index in [1.54, 1.807) is 10.9 Å². The molecule has 3 heterocycles. The average molecular weight is 350 g/mol. The van der Waals surface area contributed by atoms with Crippen molar-refractivity contribution in [1.82, 2.24) is 35.1 Å². The molecule has 0 bridgehead atoms. The van der Waals surface area contributed by atoms with E-state index in [0.717, 1.165) is 31.6 Å². The third-order valence-corrected chi connectivity index (χ3v) is 4.21. The molecule has 0 spiro atoms. The number of anilines is 1. The van der Waals surface area contributed by atoms with E-state index in [9.17, 15) is 4.79 Å². The first-order chi connectivity index (χ1) is 12.8. The second-order valence-electron chi connectivity index (χ2n) is 5.98. The maximum Gasteiger partial charge on any atom is 0.274 e. The molecule has 1 amide bonds. The molecule has 132 valence electrons. The number of amides is 1. The van der Waals surface area contributed by atoms with Gasteiger partial charge in [0.05, 0.1) is 24.6 Å². The first-order valence-electron chi connectivity index (χ1n) is 8.49. The highest BCUT2D eigenvalue weighted by molar-refractivity contribution is 5.92. The van der Waals surface area contributed by atoms with Gasteiger partial charge in [-0.1, -0.05) is 18.2 Å². The Bertz CT molecular complexity index is 889. The van der Waals surface area contributed by atoms with E-state index in [0.29, 0.717) is 23.9 Å². The van der Waals surface area contributed by atoms with Gasteiger partial charge in [-0.15, -0.1) is 5.10 Å². The first-order valence-corrected chi connectivity index (χ1v) is 8.49. The number of hydrogen-bond acceptors (Lipinski definition) is 7. The van der Waals surface area contributed by atoms with Gasteiger partial charge in [0.15, 0.2) is 5.82 Å². The highest BCUT2D eigenvalue weighted by Gasteiger charge is 2.21. The lowest BCUT2D eigenvalue weighted by molar-refractivity contribution is 0.0786. The topological polar surface area (TPSA) is 102 Å². The number of tetrazole rings is 1. The number of benzene rings is 1. The van der Waals surface area contributed by atoms with Gasteiger partial charge in [-0.3, -0.25) is 9.78 Å². The molecule has 0 aliphatic carbocycles.